The molecule has 0 radical (unpaired) electrons. The van der Waals surface area contributed by atoms with Gasteiger partial charge in [0.15, 0.2) is 10.9 Å². The van der Waals surface area contributed by atoms with E-state index in [1.54, 1.807) is 19.1 Å². The van der Waals surface area contributed by atoms with Crippen LogP contribution in [0.25, 0.3) is 0 Å². The summed E-state index contributed by atoms with van der Waals surface area (Å²) in [7, 11) is 0. The molecule has 0 spiro atoms. The van der Waals surface area contributed by atoms with Gasteiger partial charge in [-0.3, -0.25) is 10.1 Å². The number of furan rings is 1. The minimum absolute atomic E-state index is 0.153. The van der Waals surface area contributed by atoms with E-state index in [1.807, 2.05) is 0 Å². The van der Waals surface area contributed by atoms with Crippen LogP contribution in [-0.4, -0.2) is 10.9 Å². The summed E-state index contributed by atoms with van der Waals surface area (Å²) in [6.45, 7) is 1.72. The zero-order chi connectivity index (χ0) is 18.9. The van der Waals surface area contributed by atoms with E-state index >= 15 is 0 Å². The first-order valence-electron chi connectivity index (χ1n) is 7.40. The fraction of sp³-hybridized carbons (Fsp3) is 0.176. The number of hydrogen-bond acceptors (Lipinski definition) is 4. The first-order chi connectivity index (χ1) is 12.2. The maximum absolute atomic E-state index is 12.8. The molecule has 0 aliphatic rings. The van der Waals surface area contributed by atoms with Gasteiger partial charge in [0.1, 0.15) is 5.76 Å². The number of nitrogens with one attached hydrogen (secondary N) is 1. The molecule has 0 aliphatic heterocycles. The first kappa shape index (κ1) is 18.5. The molecule has 4 nitrogen and oxygen atoms in total. The van der Waals surface area contributed by atoms with Crippen molar-refractivity contribution in [3.8, 4) is 0 Å². The lowest BCUT2D eigenvalue weighted by atomic mass is 10.1. The molecule has 0 saturated heterocycles. The summed E-state index contributed by atoms with van der Waals surface area (Å²) < 4.78 is 43.7. The molecule has 3 aromatic rings. The van der Waals surface area contributed by atoms with Gasteiger partial charge < -0.3 is 4.42 Å². The smallest absolute Gasteiger partial charge is 0.416 e. The summed E-state index contributed by atoms with van der Waals surface area (Å²) in [5.41, 5.74) is -0.423. The molecule has 1 N–H and O–H groups in total. The highest BCUT2D eigenvalue weighted by Crippen LogP contribution is 2.33. The third kappa shape index (κ3) is 4.25. The molecule has 1 aromatic carbocycles. The van der Waals surface area contributed by atoms with Crippen LogP contribution in [0.5, 0.6) is 0 Å². The Morgan fingerprint density at radius 3 is 2.73 bits per heavy atom. The van der Waals surface area contributed by atoms with Gasteiger partial charge in [0, 0.05) is 22.5 Å². The molecule has 0 saturated carbocycles. The summed E-state index contributed by atoms with van der Waals surface area (Å²) in [5.74, 6) is 0.311. The van der Waals surface area contributed by atoms with Crippen LogP contribution in [0.2, 0.25) is 5.02 Å². The van der Waals surface area contributed by atoms with Gasteiger partial charge in [-0.2, -0.15) is 13.2 Å². The van der Waals surface area contributed by atoms with Gasteiger partial charge in [-0.15, -0.1) is 11.3 Å². The molecule has 0 atom stereocenters. The quantitative estimate of drug-likeness (QED) is 0.623. The average molecular weight is 401 g/mol. The van der Waals surface area contributed by atoms with Crippen LogP contribution in [-0.2, 0) is 12.6 Å². The van der Waals surface area contributed by atoms with Crippen LogP contribution >= 0.6 is 22.9 Å². The number of aryl methyl sites for hydroxylation is 1. The van der Waals surface area contributed by atoms with Crippen LogP contribution in [0.15, 0.2) is 40.9 Å². The summed E-state index contributed by atoms with van der Waals surface area (Å²) in [4.78, 5) is 16.7. The van der Waals surface area contributed by atoms with Crippen LogP contribution in [0, 0.1) is 6.92 Å². The monoisotopic (exact) mass is 400 g/mol. The third-order valence-electron chi connectivity index (χ3n) is 3.48. The molecule has 2 aromatic heterocycles. The van der Waals surface area contributed by atoms with E-state index in [0.29, 0.717) is 21.3 Å². The lowest BCUT2D eigenvalue weighted by Gasteiger charge is -2.09. The summed E-state index contributed by atoms with van der Waals surface area (Å²) in [5, 5.41) is 3.15. The van der Waals surface area contributed by atoms with E-state index in [1.165, 1.54) is 12.3 Å². The van der Waals surface area contributed by atoms with E-state index in [9.17, 15) is 18.0 Å². The molecule has 0 unspecified atom stereocenters. The maximum Gasteiger partial charge on any atom is 0.416 e. The highest BCUT2D eigenvalue weighted by atomic mass is 35.5. The van der Waals surface area contributed by atoms with Crippen molar-refractivity contribution in [2.24, 2.45) is 0 Å². The number of benzene rings is 1. The first-order valence-corrected chi connectivity index (χ1v) is 8.60. The lowest BCUT2D eigenvalue weighted by molar-refractivity contribution is -0.137. The van der Waals surface area contributed by atoms with Gasteiger partial charge in [0.2, 0.25) is 0 Å². The van der Waals surface area contributed by atoms with Crippen molar-refractivity contribution in [2.45, 2.75) is 19.5 Å². The molecule has 1 amide bonds. The number of alkyl halides is 3. The maximum atomic E-state index is 12.8. The number of aromatic nitrogens is 1. The molecule has 0 aliphatic carbocycles. The Hall–Kier alpha value is -2.32. The number of amides is 1. The van der Waals surface area contributed by atoms with Gasteiger partial charge >= 0.3 is 6.18 Å². The van der Waals surface area contributed by atoms with Gasteiger partial charge in [0.25, 0.3) is 5.91 Å². The van der Waals surface area contributed by atoms with Crippen LogP contribution in [0.1, 0.15) is 32.3 Å². The van der Waals surface area contributed by atoms with Gasteiger partial charge in [0.05, 0.1) is 5.56 Å². The number of halogens is 4. The summed E-state index contributed by atoms with van der Waals surface area (Å²) >= 11 is 7.16. The number of anilines is 1. The average Bonchev–Trinajstić information content (AvgIpc) is 3.17. The topological polar surface area (TPSA) is 55.1 Å². The van der Waals surface area contributed by atoms with E-state index in [-0.39, 0.29) is 17.2 Å². The van der Waals surface area contributed by atoms with Crippen molar-refractivity contribution >= 4 is 34.0 Å². The minimum Gasteiger partial charge on any atom is -0.456 e. The van der Waals surface area contributed by atoms with E-state index in [4.69, 9.17) is 16.0 Å². The standard InChI is InChI=1S/C17H12ClF3N2O2S/c1-9-2-5-14(25-9)15(24)23-16-22-8-12(26-16)7-10-6-11(17(19,20)21)3-4-13(10)18/h2-6,8H,7H2,1H3,(H,22,23,24). The predicted octanol–water partition coefficient (Wildman–Crippen LogP) is 5.56. The van der Waals surface area contributed by atoms with Crippen LogP contribution in [0.4, 0.5) is 18.3 Å². The second-order valence-corrected chi connectivity index (χ2v) is 7.00. The Bertz CT molecular complexity index is 950. The second-order valence-electron chi connectivity index (χ2n) is 5.48. The number of nitrogens with zero attached hydrogens (tertiary/aromatic N) is 1. The van der Waals surface area contributed by atoms with Crippen LogP contribution < -0.4 is 5.32 Å². The van der Waals surface area contributed by atoms with Gasteiger partial charge in [-0.25, -0.2) is 4.98 Å². The fourth-order valence-electron chi connectivity index (χ4n) is 2.24. The van der Waals surface area contributed by atoms with Crippen molar-refractivity contribution in [1.82, 2.24) is 4.98 Å². The highest BCUT2D eigenvalue weighted by molar-refractivity contribution is 7.15. The van der Waals surface area contributed by atoms with Crippen molar-refractivity contribution in [2.75, 3.05) is 5.32 Å². The SMILES string of the molecule is Cc1ccc(C(=O)Nc2ncc(Cc3cc(C(F)(F)F)ccc3Cl)s2)o1. The molecule has 0 bridgehead atoms. The number of carbonyl (C=O) groups excluding carboxylic acids is 1. The number of hydrogen-bond donors (Lipinski definition) is 1. The second kappa shape index (κ2) is 7.13. The van der Waals surface area contributed by atoms with E-state index < -0.39 is 17.6 Å². The zero-order valence-electron chi connectivity index (χ0n) is 13.4. The molecule has 0 fully saturated rings. The highest BCUT2D eigenvalue weighted by Gasteiger charge is 2.30. The minimum atomic E-state index is -4.44. The number of thiazole rings is 1. The Balaban J connectivity index is 1.73. The Kier molecular flexibility index (Phi) is 5.06. The van der Waals surface area contributed by atoms with Crippen molar-refractivity contribution < 1.29 is 22.4 Å². The van der Waals surface area contributed by atoms with E-state index in [0.717, 1.165) is 23.5 Å². The van der Waals surface area contributed by atoms with E-state index in [2.05, 4.69) is 10.3 Å². The molecular formula is C17H12ClF3N2O2S. The molecular weight excluding hydrogens is 389 g/mol. The zero-order valence-corrected chi connectivity index (χ0v) is 14.9. The Morgan fingerprint density at radius 2 is 2.08 bits per heavy atom. The Labute approximate surface area is 155 Å². The van der Waals surface area contributed by atoms with Crippen molar-refractivity contribution in [1.29, 1.82) is 0 Å². The van der Waals surface area contributed by atoms with Gasteiger partial charge in [-0.1, -0.05) is 11.6 Å². The fourth-order valence-corrected chi connectivity index (χ4v) is 3.25. The molecule has 2 heterocycles. The van der Waals surface area contributed by atoms with Crippen molar-refractivity contribution in [3.63, 3.8) is 0 Å². The predicted molar refractivity (Wildman–Crippen MR) is 92.8 cm³/mol. The molecule has 136 valence electrons. The molecule has 9 heteroatoms. The number of carbonyl (C=O) groups is 1. The number of rotatable bonds is 4. The van der Waals surface area contributed by atoms with Crippen LogP contribution in [0.3, 0.4) is 0 Å². The lowest BCUT2D eigenvalue weighted by Crippen LogP contribution is -2.10. The molecule has 26 heavy (non-hydrogen) atoms. The van der Waals surface area contributed by atoms with Crippen molar-refractivity contribution in [3.05, 3.63) is 69.1 Å². The van der Waals surface area contributed by atoms with Gasteiger partial charge in [-0.05, 0) is 42.8 Å². The largest absolute Gasteiger partial charge is 0.456 e. The summed E-state index contributed by atoms with van der Waals surface area (Å²) in [6, 6.07) is 6.39. The summed E-state index contributed by atoms with van der Waals surface area (Å²) in [6.07, 6.45) is -2.77. The third-order valence-corrected chi connectivity index (χ3v) is 4.76. The normalized spacial score (nSPS) is 11.6. The molecule has 3 rings (SSSR count). The Morgan fingerprint density at radius 1 is 1.31 bits per heavy atom.